The third-order valence-corrected chi connectivity index (χ3v) is 5.07. The number of nitrogens with one attached hydrogen (secondary N) is 2. The van der Waals surface area contributed by atoms with Gasteiger partial charge in [-0.1, -0.05) is 36.4 Å². The fraction of sp³-hybridized carbons (Fsp3) is 0.0909. The Morgan fingerprint density at radius 2 is 1.87 bits per heavy atom. The SMILES string of the molecule is CC(Nc1ncnc2nc[nH]c12)c1nc(N)c2ccccc2c1-c1cccc(F)c1. The largest absolute Gasteiger partial charge is 0.383 e. The van der Waals surface area contributed by atoms with E-state index in [0.717, 1.165) is 21.9 Å². The maximum absolute atomic E-state index is 14.1. The topological polar surface area (TPSA) is 105 Å². The zero-order valence-electron chi connectivity index (χ0n) is 16.1. The molecule has 4 N–H and O–H groups in total. The van der Waals surface area contributed by atoms with Crippen molar-refractivity contribution in [3.63, 3.8) is 0 Å². The fourth-order valence-electron chi connectivity index (χ4n) is 3.72. The zero-order chi connectivity index (χ0) is 20.7. The molecule has 0 aliphatic heterocycles. The van der Waals surface area contributed by atoms with Gasteiger partial charge in [0.2, 0.25) is 0 Å². The van der Waals surface area contributed by atoms with Gasteiger partial charge in [-0.3, -0.25) is 0 Å². The predicted molar refractivity (Wildman–Crippen MR) is 115 cm³/mol. The molecule has 3 heterocycles. The van der Waals surface area contributed by atoms with E-state index < -0.39 is 0 Å². The number of hydrogen-bond donors (Lipinski definition) is 3. The van der Waals surface area contributed by atoms with Crippen molar-refractivity contribution in [2.24, 2.45) is 0 Å². The van der Waals surface area contributed by atoms with E-state index in [-0.39, 0.29) is 11.9 Å². The molecule has 3 aromatic heterocycles. The molecule has 0 saturated carbocycles. The molecular weight excluding hydrogens is 381 g/mol. The number of H-pyrrole nitrogens is 1. The zero-order valence-corrected chi connectivity index (χ0v) is 16.1. The van der Waals surface area contributed by atoms with Crippen LogP contribution in [0.4, 0.5) is 16.0 Å². The van der Waals surface area contributed by atoms with Crippen molar-refractivity contribution >= 4 is 33.6 Å². The second kappa shape index (κ2) is 7.07. The summed E-state index contributed by atoms with van der Waals surface area (Å²) in [7, 11) is 0. The highest BCUT2D eigenvalue weighted by Crippen LogP contribution is 2.37. The molecule has 7 nitrogen and oxygen atoms in total. The van der Waals surface area contributed by atoms with Crippen LogP contribution in [0.2, 0.25) is 0 Å². The molecular formula is C22H18FN7. The average Bonchev–Trinajstić information content (AvgIpc) is 3.23. The lowest BCUT2D eigenvalue weighted by molar-refractivity contribution is 0.628. The molecule has 0 aliphatic carbocycles. The van der Waals surface area contributed by atoms with E-state index >= 15 is 0 Å². The van der Waals surface area contributed by atoms with Crippen LogP contribution in [0.5, 0.6) is 0 Å². The second-order valence-corrected chi connectivity index (χ2v) is 7.00. The summed E-state index contributed by atoms with van der Waals surface area (Å²) in [5.41, 5.74) is 9.81. The summed E-state index contributed by atoms with van der Waals surface area (Å²) in [4.78, 5) is 20.4. The Morgan fingerprint density at radius 3 is 2.70 bits per heavy atom. The molecule has 0 radical (unpaired) electrons. The Labute approximate surface area is 171 Å². The van der Waals surface area contributed by atoms with Gasteiger partial charge < -0.3 is 16.0 Å². The first-order chi connectivity index (χ1) is 14.6. The first-order valence-corrected chi connectivity index (χ1v) is 9.46. The Morgan fingerprint density at radius 1 is 1.03 bits per heavy atom. The summed E-state index contributed by atoms with van der Waals surface area (Å²) in [6.45, 7) is 1.96. The Hall–Kier alpha value is -4.07. The number of imidazole rings is 1. The standard InChI is InChI=1S/C22H18FN7/c1-12(29-22-19-21(26-10-25-19)27-11-28-22)18-17(13-5-4-6-14(23)9-13)15-7-2-3-8-16(15)20(24)30-18/h2-12H,1H3,(H2,24,30)(H2,25,26,27,28,29). The van der Waals surface area contributed by atoms with Crippen LogP contribution in [0, 0.1) is 5.82 Å². The van der Waals surface area contributed by atoms with E-state index in [2.05, 4.69) is 25.3 Å². The van der Waals surface area contributed by atoms with E-state index in [1.54, 1.807) is 12.4 Å². The number of fused-ring (bicyclic) bond motifs is 2. The van der Waals surface area contributed by atoms with Gasteiger partial charge in [-0.25, -0.2) is 24.3 Å². The van der Waals surface area contributed by atoms with E-state index in [9.17, 15) is 4.39 Å². The summed E-state index contributed by atoms with van der Waals surface area (Å²) in [6, 6.07) is 13.9. The molecule has 5 aromatic rings. The molecule has 0 spiro atoms. The molecule has 0 aliphatic rings. The Bertz CT molecular complexity index is 1380. The fourth-order valence-corrected chi connectivity index (χ4v) is 3.72. The first kappa shape index (κ1) is 18.0. The van der Waals surface area contributed by atoms with Crippen molar-refractivity contribution in [1.29, 1.82) is 0 Å². The highest BCUT2D eigenvalue weighted by atomic mass is 19.1. The van der Waals surface area contributed by atoms with E-state index in [1.807, 2.05) is 37.3 Å². The minimum Gasteiger partial charge on any atom is -0.383 e. The maximum atomic E-state index is 14.1. The summed E-state index contributed by atoms with van der Waals surface area (Å²) in [5.74, 6) is 0.711. The number of nitrogens with zero attached hydrogens (tertiary/aromatic N) is 4. The third-order valence-electron chi connectivity index (χ3n) is 5.07. The number of benzene rings is 2. The smallest absolute Gasteiger partial charge is 0.182 e. The number of nitrogens with two attached hydrogens (primary N) is 1. The van der Waals surface area contributed by atoms with Gasteiger partial charge in [0, 0.05) is 10.9 Å². The van der Waals surface area contributed by atoms with Crippen LogP contribution >= 0.6 is 0 Å². The maximum Gasteiger partial charge on any atom is 0.182 e. The predicted octanol–water partition coefficient (Wildman–Crippen LogP) is 4.46. The highest BCUT2D eigenvalue weighted by Gasteiger charge is 2.20. The number of nitrogen functional groups attached to an aromatic ring is 1. The number of hydrogen-bond acceptors (Lipinski definition) is 6. The van der Waals surface area contributed by atoms with Gasteiger partial charge in [-0.05, 0) is 30.0 Å². The lowest BCUT2D eigenvalue weighted by atomic mass is 9.94. The summed E-state index contributed by atoms with van der Waals surface area (Å²) in [6.07, 6.45) is 3.02. The van der Waals surface area contributed by atoms with Gasteiger partial charge in [0.25, 0.3) is 0 Å². The molecule has 8 heteroatoms. The quantitative estimate of drug-likeness (QED) is 0.412. The minimum absolute atomic E-state index is 0.281. The number of pyridine rings is 1. The number of anilines is 2. The number of aromatic amines is 1. The monoisotopic (exact) mass is 399 g/mol. The number of aromatic nitrogens is 5. The lowest BCUT2D eigenvalue weighted by Gasteiger charge is -2.21. The van der Waals surface area contributed by atoms with Crippen LogP contribution in [0.3, 0.4) is 0 Å². The van der Waals surface area contributed by atoms with Gasteiger partial charge in [-0.15, -0.1) is 0 Å². The number of halogens is 1. The van der Waals surface area contributed by atoms with Crippen molar-refractivity contribution < 1.29 is 4.39 Å². The first-order valence-electron chi connectivity index (χ1n) is 9.46. The van der Waals surface area contributed by atoms with Crippen molar-refractivity contribution in [3.8, 4) is 11.1 Å². The minimum atomic E-state index is -0.310. The lowest BCUT2D eigenvalue weighted by Crippen LogP contribution is -2.13. The highest BCUT2D eigenvalue weighted by molar-refractivity contribution is 6.02. The van der Waals surface area contributed by atoms with Crippen LogP contribution in [-0.2, 0) is 0 Å². The normalized spacial score (nSPS) is 12.3. The van der Waals surface area contributed by atoms with Crippen LogP contribution in [0.15, 0.2) is 61.2 Å². The molecule has 2 aromatic carbocycles. The van der Waals surface area contributed by atoms with Crippen LogP contribution in [-0.4, -0.2) is 24.9 Å². The summed E-state index contributed by atoms with van der Waals surface area (Å²) >= 11 is 0. The Kier molecular flexibility index (Phi) is 4.24. The van der Waals surface area contributed by atoms with Gasteiger partial charge in [0.1, 0.15) is 23.5 Å². The van der Waals surface area contributed by atoms with Gasteiger partial charge >= 0.3 is 0 Å². The average molecular weight is 399 g/mol. The molecule has 0 fully saturated rings. The third kappa shape index (κ3) is 2.98. The van der Waals surface area contributed by atoms with Gasteiger partial charge in [-0.2, -0.15) is 0 Å². The van der Waals surface area contributed by atoms with Crippen molar-refractivity contribution in [1.82, 2.24) is 24.9 Å². The van der Waals surface area contributed by atoms with Crippen molar-refractivity contribution in [2.75, 3.05) is 11.1 Å². The number of rotatable bonds is 4. The molecule has 30 heavy (non-hydrogen) atoms. The van der Waals surface area contributed by atoms with Crippen molar-refractivity contribution in [3.05, 3.63) is 72.7 Å². The molecule has 0 amide bonds. The van der Waals surface area contributed by atoms with Crippen LogP contribution < -0.4 is 11.1 Å². The molecule has 148 valence electrons. The molecule has 0 saturated heterocycles. The van der Waals surface area contributed by atoms with Crippen LogP contribution in [0.25, 0.3) is 33.1 Å². The molecule has 5 rings (SSSR count). The molecule has 1 atom stereocenters. The van der Waals surface area contributed by atoms with Crippen molar-refractivity contribution in [2.45, 2.75) is 13.0 Å². The second-order valence-electron chi connectivity index (χ2n) is 7.00. The van der Waals surface area contributed by atoms with E-state index in [1.165, 1.54) is 18.5 Å². The summed E-state index contributed by atoms with van der Waals surface area (Å²) < 4.78 is 14.1. The molecule has 0 bridgehead atoms. The summed E-state index contributed by atoms with van der Waals surface area (Å²) in [5, 5.41) is 5.11. The van der Waals surface area contributed by atoms with Crippen LogP contribution in [0.1, 0.15) is 18.7 Å². The van der Waals surface area contributed by atoms with Gasteiger partial charge in [0.15, 0.2) is 11.5 Å². The van der Waals surface area contributed by atoms with E-state index in [0.29, 0.717) is 28.5 Å². The molecule has 1 unspecified atom stereocenters. The Balaban J connectivity index is 1.70. The van der Waals surface area contributed by atoms with E-state index in [4.69, 9.17) is 10.7 Å². The van der Waals surface area contributed by atoms with Gasteiger partial charge in [0.05, 0.1) is 18.1 Å².